The third kappa shape index (κ3) is 2.09. The Morgan fingerprint density at radius 2 is 2.16 bits per heavy atom. The number of carbonyl (C=O) groups excluding carboxylic acids is 1. The van der Waals surface area contributed by atoms with Crippen molar-refractivity contribution in [2.24, 2.45) is 0 Å². The van der Waals surface area contributed by atoms with Crippen LogP contribution in [-0.2, 0) is 21.4 Å². The third-order valence-electron chi connectivity index (χ3n) is 3.32. The second kappa shape index (κ2) is 4.46. The molecule has 2 heterocycles. The van der Waals surface area contributed by atoms with Crippen LogP contribution in [0.5, 0.6) is 0 Å². The van der Waals surface area contributed by atoms with E-state index in [1.165, 1.54) is 7.11 Å². The molecule has 3 rings (SSSR count). The highest BCUT2D eigenvalue weighted by Gasteiger charge is 2.57. The topological polar surface area (TPSA) is 78.1 Å². The van der Waals surface area contributed by atoms with E-state index in [0.29, 0.717) is 31.0 Å². The Hall–Kier alpha value is -2.24. The number of rotatable bonds is 4. The summed E-state index contributed by atoms with van der Waals surface area (Å²) in [5.41, 5.74) is 0.350. The van der Waals surface area contributed by atoms with Crippen molar-refractivity contribution in [2.75, 3.05) is 7.11 Å². The number of hydrogen-bond acceptors (Lipinski definition) is 6. The quantitative estimate of drug-likeness (QED) is 0.769. The lowest BCUT2D eigenvalue weighted by molar-refractivity contribution is -0.144. The minimum Gasteiger partial charge on any atom is -0.468 e. The van der Waals surface area contributed by atoms with Crippen LogP contribution in [0, 0.1) is 0 Å². The molecule has 2 aromatic rings. The summed E-state index contributed by atoms with van der Waals surface area (Å²) in [6.07, 6.45) is 5.40. The zero-order valence-electron chi connectivity index (χ0n) is 10.5. The molecule has 1 fully saturated rings. The number of esters is 1. The minimum atomic E-state index is -0.696. The SMILES string of the molecule is COC(=O)C1(c2nc(Cc3ccncc3)no2)CC1. The molecule has 19 heavy (non-hydrogen) atoms. The number of methoxy groups -OCH3 is 1. The van der Waals surface area contributed by atoms with E-state index in [4.69, 9.17) is 9.26 Å². The van der Waals surface area contributed by atoms with Gasteiger partial charge in [-0.05, 0) is 30.5 Å². The van der Waals surface area contributed by atoms with Crippen molar-refractivity contribution < 1.29 is 14.1 Å². The summed E-state index contributed by atoms with van der Waals surface area (Å²) in [6, 6.07) is 3.78. The molecule has 1 aliphatic rings. The maximum atomic E-state index is 11.7. The zero-order valence-corrected chi connectivity index (χ0v) is 10.5. The molecule has 6 nitrogen and oxygen atoms in total. The van der Waals surface area contributed by atoms with Gasteiger partial charge in [-0.1, -0.05) is 5.16 Å². The van der Waals surface area contributed by atoms with E-state index < -0.39 is 5.41 Å². The molecule has 0 unspecified atom stereocenters. The molecular weight excluding hydrogens is 246 g/mol. The molecule has 1 saturated carbocycles. The molecular formula is C13H13N3O3. The second-order valence-electron chi connectivity index (χ2n) is 4.62. The van der Waals surface area contributed by atoms with Gasteiger partial charge in [-0.15, -0.1) is 0 Å². The number of carbonyl (C=O) groups is 1. The van der Waals surface area contributed by atoms with E-state index in [1.54, 1.807) is 12.4 Å². The summed E-state index contributed by atoms with van der Waals surface area (Å²) >= 11 is 0. The minimum absolute atomic E-state index is 0.299. The monoisotopic (exact) mass is 259 g/mol. The predicted octanol–water partition coefficient (Wildman–Crippen LogP) is 1.26. The molecule has 1 aliphatic carbocycles. The lowest BCUT2D eigenvalue weighted by Gasteiger charge is -2.05. The fourth-order valence-corrected chi connectivity index (χ4v) is 2.03. The molecule has 0 bridgehead atoms. The van der Waals surface area contributed by atoms with E-state index in [0.717, 1.165) is 5.56 Å². The Morgan fingerprint density at radius 1 is 1.42 bits per heavy atom. The van der Waals surface area contributed by atoms with Gasteiger partial charge in [-0.2, -0.15) is 4.98 Å². The van der Waals surface area contributed by atoms with Crippen molar-refractivity contribution in [1.82, 2.24) is 15.1 Å². The van der Waals surface area contributed by atoms with Crippen molar-refractivity contribution in [1.29, 1.82) is 0 Å². The molecule has 0 amide bonds. The van der Waals surface area contributed by atoms with Crippen LogP contribution in [-0.4, -0.2) is 28.2 Å². The molecule has 0 N–H and O–H groups in total. The van der Waals surface area contributed by atoms with Gasteiger partial charge >= 0.3 is 5.97 Å². The largest absolute Gasteiger partial charge is 0.468 e. The summed E-state index contributed by atoms with van der Waals surface area (Å²) in [4.78, 5) is 20.0. The molecule has 0 aromatic carbocycles. The first-order valence-corrected chi connectivity index (χ1v) is 6.05. The smallest absolute Gasteiger partial charge is 0.321 e. The van der Waals surface area contributed by atoms with Crippen molar-refractivity contribution in [2.45, 2.75) is 24.7 Å². The van der Waals surface area contributed by atoms with Gasteiger partial charge in [0, 0.05) is 18.8 Å². The first-order valence-electron chi connectivity index (χ1n) is 6.05. The number of hydrogen-bond donors (Lipinski definition) is 0. The first kappa shape index (κ1) is 11.8. The number of aromatic nitrogens is 3. The van der Waals surface area contributed by atoms with E-state index in [2.05, 4.69) is 15.1 Å². The third-order valence-corrected chi connectivity index (χ3v) is 3.32. The Labute approximate surface area is 109 Å². The summed E-state index contributed by atoms with van der Waals surface area (Å²) in [7, 11) is 1.37. The fraction of sp³-hybridized carbons (Fsp3) is 0.385. The second-order valence-corrected chi connectivity index (χ2v) is 4.62. The van der Waals surface area contributed by atoms with E-state index >= 15 is 0 Å². The van der Waals surface area contributed by atoms with Gasteiger partial charge in [0.1, 0.15) is 5.41 Å². The van der Waals surface area contributed by atoms with Crippen LogP contribution in [0.4, 0.5) is 0 Å². The average molecular weight is 259 g/mol. The average Bonchev–Trinajstić information content (AvgIpc) is 3.14. The summed E-state index contributed by atoms with van der Waals surface area (Å²) in [5, 5.41) is 3.92. The Balaban J connectivity index is 1.79. The predicted molar refractivity (Wildman–Crippen MR) is 64.3 cm³/mol. The summed E-state index contributed by atoms with van der Waals surface area (Å²) < 4.78 is 9.99. The molecule has 0 atom stereocenters. The van der Waals surface area contributed by atoms with E-state index in [1.807, 2.05) is 12.1 Å². The van der Waals surface area contributed by atoms with Gasteiger partial charge in [0.25, 0.3) is 0 Å². The van der Waals surface area contributed by atoms with Crippen LogP contribution in [0.2, 0.25) is 0 Å². The molecule has 2 aromatic heterocycles. The van der Waals surface area contributed by atoms with Crippen LogP contribution >= 0.6 is 0 Å². The first-order chi connectivity index (χ1) is 9.24. The molecule has 0 radical (unpaired) electrons. The maximum Gasteiger partial charge on any atom is 0.321 e. The van der Waals surface area contributed by atoms with Crippen LogP contribution < -0.4 is 0 Å². The molecule has 98 valence electrons. The zero-order chi connectivity index (χ0) is 13.3. The molecule has 0 aliphatic heterocycles. The van der Waals surface area contributed by atoms with Crippen molar-refractivity contribution in [3.63, 3.8) is 0 Å². The van der Waals surface area contributed by atoms with Gasteiger partial charge in [-0.3, -0.25) is 9.78 Å². The summed E-state index contributed by atoms with van der Waals surface area (Å²) in [5.74, 6) is 0.631. The van der Waals surface area contributed by atoms with Crippen LogP contribution in [0.3, 0.4) is 0 Å². The highest BCUT2D eigenvalue weighted by molar-refractivity contribution is 5.85. The van der Waals surface area contributed by atoms with Crippen LogP contribution in [0.15, 0.2) is 29.0 Å². The van der Waals surface area contributed by atoms with E-state index in [9.17, 15) is 4.79 Å². The normalized spacial score (nSPS) is 16.1. The van der Waals surface area contributed by atoms with Crippen molar-refractivity contribution >= 4 is 5.97 Å². The van der Waals surface area contributed by atoms with Crippen molar-refractivity contribution in [3.05, 3.63) is 41.8 Å². The molecule has 0 saturated heterocycles. The standard InChI is InChI=1S/C13H13N3O3/c1-18-12(17)13(4-5-13)11-15-10(16-19-11)8-9-2-6-14-7-3-9/h2-3,6-7H,4-5,8H2,1H3. The lowest BCUT2D eigenvalue weighted by Crippen LogP contribution is -2.22. The van der Waals surface area contributed by atoms with Gasteiger partial charge in [0.2, 0.25) is 5.89 Å². The number of ether oxygens (including phenoxy) is 1. The molecule has 0 spiro atoms. The molecule has 6 heteroatoms. The highest BCUT2D eigenvalue weighted by Crippen LogP contribution is 2.48. The number of pyridine rings is 1. The van der Waals surface area contributed by atoms with Crippen molar-refractivity contribution in [3.8, 4) is 0 Å². The van der Waals surface area contributed by atoms with Crippen LogP contribution in [0.1, 0.15) is 30.1 Å². The van der Waals surface area contributed by atoms with Gasteiger partial charge in [0.15, 0.2) is 5.82 Å². The highest BCUT2D eigenvalue weighted by atomic mass is 16.5. The fourth-order valence-electron chi connectivity index (χ4n) is 2.03. The van der Waals surface area contributed by atoms with Gasteiger partial charge < -0.3 is 9.26 Å². The number of nitrogens with zero attached hydrogens (tertiary/aromatic N) is 3. The van der Waals surface area contributed by atoms with Gasteiger partial charge in [-0.25, -0.2) is 0 Å². The van der Waals surface area contributed by atoms with Gasteiger partial charge in [0.05, 0.1) is 7.11 Å². The Bertz CT molecular complexity index is 590. The van der Waals surface area contributed by atoms with E-state index in [-0.39, 0.29) is 5.97 Å². The Morgan fingerprint density at radius 3 is 2.79 bits per heavy atom. The summed E-state index contributed by atoms with van der Waals surface area (Å²) in [6.45, 7) is 0. The maximum absolute atomic E-state index is 11.7. The van der Waals surface area contributed by atoms with Crippen LogP contribution in [0.25, 0.3) is 0 Å². The lowest BCUT2D eigenvalue weighted by atomic mass is 10.1. The Kier molecular flexibility index (Phi) is 2.77.